The Balaban J connectivity index is 2.73. The highest BCUT2D eigenvalue weighted by atomic mass is 16.1. The van der Waals surface area contributed by atoms with Crippen molar-refractivity contribution in [1.82, 2.24) is 9.88 Å². The van der Waals surface area contributed by atoms with Crippen LogP contribution in [0, 0.1) is 6.92 Å². The number of rotatable bonds is 3. The number of aromatic nitrogens is 1. The quantitative estimate of drug-likeness (QED) is 0.869. The average Bonchev–Trinajstić information content (AvgIpc) is 2.36. The van der Waals surface area contributed by atoms with Gasteiger partial charge in [-0.2, -0.15) is 0 Å². The first-order valence-corrected chi connectivity index (χ1v) is 5.88. The molecule has 0 amide bonds. The molecule has 2 aromatic rings. The van der Waals surface area contributed by atoms with Crippen LogP contribution in [0.3, 0.4) is 0 Å². The predicted molar refractivity (Wildman–Crippen MR) is 71.6 cm³/mol. The molecule has 0 aliphatic carbocycles. The molecule has 1 aromatic carbocycles. The van der Waals surface area contributed by atoms with E-state index in [1.165, 1.54) is 5.39 Å². The van der Waals surface area contributed by atoms with Gasteiger partial charge in [0.15, 0.2) is 0 Å². The summed E-state index contributed by atoms with van der Waals surface area (Å²) in [5, 5.41) is 4.26. The molecule has 2 rings (SSSR count). The van der Waals surface area contributed by atoms with Crippen molar-refractivity contribution in [3.63, 3.8) is 0 Å². The number of aryl methyl sites for hydroxylation is 2. The number of fused-ring (bicyclic) bond motifs is 1. The van der Waals surface area contributed by atoms with E-state index < -0.39 is 0 Å². The molecule has 90 valence electrons. The van der Waals surface area contributed by atoms with Gasteiger partial charge in [-0.3, -0.25) is 4.79 Å². The van der Waals surface area contributed by atoms with Crippen LogP contribution in [0.1, 0.15) is 11.1 Å². The van der Waals surface area contributed by atoms with Gasteiger partial charge in [0.1, 0.15) is 0 Å². The van der Waals surface area contributed by atoms with Gasteiger partial charge in [-0.05, 0) is 38.6 Å². The number of hydrogen-bond acceptors (Lipinski definition) is 2. The number of benzene rings is 1. The van der Waals surface area contributed by atoms with Crippen LogP contribution >= 0.6 is 0 Å². The second-order valence-corrected chi connectivity index (χ2v) is 4.34. The van der Waals surface area contributed by atoms with Crippen molar-refractivity contribution in [3.05, 3.63) is 45.7 Å². The average molecular weight is 230 g/mol. The Morgan fingerprint density at radius 2 is 2.00 bits per heavy atom. The lowest BCUT2D eigenvalue weighted by molar-refractivity contribution is 0.768. The summed E-state index contributed by atoms with van der Waals surface area (Å²) in [6.07, 6.45) is 0.778. The minimum absolute atomic E-state index is 0.122. The van der Waals surface area contributed by atoms with E-state index >= 15 is 0 Å². The molecule has 3 heteroatoms. The molecule has 0 spiro atoms. The maximum absolute atomic E-state index is 12.2. The fraction of sp³-hybridized carbons (Fsp3) is 0.357. The summed E-state index contributed by atoms with van der Waals surface area (Å²) >= 11 is 0. The first-order chi connectivity index (χ1) is 8.16. The van der Waals surface area contributed by atoms with Gasteiger partial charge >= 0.3 is 0 Å². The fourth-order valence-electron chi connectivity index (χ4n) is 2.26. The van der Waals surface area contributed by atoms with Crippen molar-refractivity contribution in [2.24, 2.45) is 7.05 Å². The highest BCUT2D eigenvalue weighted by Crippen LogP contribution is 2.18. The largest absolute Gasteiger partial charge is 0.319 e. The maximum Gasteiger partial charge on any atom is 0.254 e. The third kappa shape index (κ3) is 1.98. The highest BCUT2D eigenvalue weighted by molar-refractivity contribution is 5.83. The standard InChI is InChI=1S/C14H18N2O/c1-10-11-6-4-5-7-13(11)16(3)14(17)12(10)8-9-15-2/h4-7,15H,8-9H2,1-3H3. The van der Waals surface area contributed by atoms with Crippen molar-refractivity contribution in [1.29, 1.82) is 0 Å². The molecule has 0 unspecified atom stereocenters. The van der Waals surface area contributed by atoms with Crippen LogP contribution in [0.15, 0.2) is 29.1 Å². The van der Waals surface area contributed by atoms with Crippen LogP contribution < -0.4 is 10.9 Å². The summed E-state index contributed by atoms with van der Waals surface area (Å²) in [7, 11) is 3.74. The molecule has 17 heavy (non-hydrogen) atoms. The molecule has 1 aromatic heterocycles. The Hall–Kier alpha value is -1.61. The summed E-state index contributed by atoms with van der Waals surface area (Å²) < 4.78 is 1.74. The fourth-order valence-corrected chi connectivity index (χ4v) is 2.26. The van der Waals surface area contributed by atoms with Crippen LogP contribution in [-0.2, 0) is 13.5 Å². The molecule has 0 bridgehead atoms. The molecule has 3 nitrogen and oxygen atoms in total. The molecule has 0 aliphatic heterocycles. The zero-order valence-corrected chi connectivity index (χ0v) is 10.6. The van der Waals surface area contributed by atoms with E-state index in [2.05, 4.69) is 11.4 Å². The van der Waals surface area contributed by atoms with Crippen LogP contribution in [0.5, 0.6) is 0 Å². The summed E-state index contributed by atoms with van der Waals surface area (Å²) in [4.78, 5) is 12.2. The van der Waals surface area contributed by atoms with Gasteiger partial charge in [0, 0.05) is 18.0 Å². The molecular weight excluding hydrogens is 212 g/mol. The van der Waals surface area contributed by atoms with E-state index in [1.54, 1.807) is 4.57 Å². The Morgan fingerprint density at radius 3 is 2.71 bits per heavy atom. The lowest BCUT2D eigenvalue weighted by Gasteiger charge is -2.12. The van der Waals surface area contributed by atoms with Gasteiger partial charge in [-0.15, -0.1) is 0 Å². The minimum atomic E-state index is 0.122. The highest BCUT2D eigenvalue weighted by Gasteiger charge is 2.10. The van der Waals surface area contributed by atoms with Gasteiger partial charge in [0.2, 0.25) is 0 Å². The van der Waals surface area contributed by atoms with E-state index in [9.17, 15) is 4.79 Å². The van der Waals surface area contributed by atoms with Gasteiger partial charge in [-0.25, -0.2) is 0 Å². The number of nitrogens with one attached hydrogen (secondary N) is 1. The van der Waals surface area contributed by atoms with Crippen LogP contribution in [0.2, 0.25) is 0 Å². The second-order valence-electron chi connectivity index (χ2n) is 4.34. The van der Waals surface area contributed by atoms with Crippen molar-refractivity contribution in [3.8, 4) is 0 Å². The lowest BCUT2D eigenvalue weighted by Crippen LogP contribution is -2.25. The zero-order valence-electron chi connectivity index (χ0n) is 10.6. The molecule has 0 saturated carbocycles. The molecule has 0 fully saturated rings. The Morgan fingerprint density at radius 1 is 1.29 bits per heavy atom. The van der Waals surface area contributed by atoms with Gasteiger partial charge in [0.25, 0.3) is 5.56 Å². The monoisotopic (exact) mass is 230 g/mol. The molecular formula is C14H18N2O. The smallest absolute Gasteiger partial charge is 0.254 e. The SMILES string of the molecule is CNCCc1c(C)c2ccccc2n(C)c1=O. The summed E-state index contributed by atoms with van der Waals surface area (Å²) in [5.74, 6) is 0. The third-order valence-electron chi connectivity index (χ3n) is 3.31. The van der Waals surface area contributed by atoms with E-state index in [-0.39, 0.29) is 5.56 Å². The summed E-state index contributed by atoms with van der Waals surface area (Å²) in [6.45, 7) is 2.86. The minimum Gasteiger partial charge on any atom is -0.319 e. The molecule has 1 heterocycles. The number of likely N-dealkylation sites (N-methyl/N-ethyl adjacent to an activating group) is 1. The van der Waals surface area contributed by atoms with E-state index in [1.807, 2.05) is 39.2 Å². The van der Waals surface area contributed by atoms with Crippen molar-refractivity contribution in [2.75, 3.05) is 13.6 Å². The van der Waals surface area contributed by atoms with Crippen LogP contribution in [0.4, 0.5) is 0 Å². The van der Waals surface area contributed by atoms with Crippen molar-refractivity contribution >= 4 is 10.9 Å². The number of pyridine rings is 1. The van der Waals surface area contributed by atoms with E-state index in [0.717, 1.165) is 29.6 Å². The normalized spacial score (nSPS) is 11.0. The number of hydrogen-bond donors (Lipinski definition) is 1. The van der Waals surface area contributed by atoms with Crippen LogP contribution in [-0.4, -0.2) is 18.2 Å². The Kier molecular flexibility index (Phi) is 3.29. The second kappa shape index (κ2) is 4.72. The molecule has 1 N–H and O–H groups in total. The topological polar surface area (TPSA) is 34.0 Å². The third-order valence-corrected chi connectivity index (χ3v) is 3.31. The first kappa shape index (κ1) is 11.9. The summed E-state index contributed by atoms with van der Waals surface area (Å²) in [6, 6.07) is 8.05. The maximum atomic E-state index is 12.2. The van der Waals surface area contributed by atoms with Crippen molar-refractivity contribution < 1.29 is 0 Å². The Labute approximate surface area is 101 Å². The molecule has 0 saturated heterocycles. The number of nitrogens with zero attached hydrogens (tertiary/aromatic N) is 1. The van der Waals surface area contributed by atoms with Gasteiger partial charge in [-0.1, -0.05) is 18.2 Å². The summed E-state index contributed by atoms with van der Waals surface area (Å²) in [5.41, 5.74) is 3.15. The molecule has 0 atom stereocenters. The zero-order chi connectivity index (χ0) is 12.4. The Bertz CT molecular complexity index is 599. The number of para-hydroxylation sites is 1. The van der Waals surface area contributed by atoms with Crippen LogP contribution in [0.25, 0.3) is 10.9 Å². The van der Waals surface area contributed by atoms with Gasteiger partial charge in [0.05, 0.1) is 5.52 Å². The lowest BCUT2D eigenvalue weighted by atomic mass is 10.0. The molecule has 0 aliphatic rings. The van der Waals surface area contributed by atoms with Gasteiger partial charge < -0.3 is 9.88 Å². The molecule has 0 radical (unpaired) electrons. The van der Waals surface area contributed by atoms with Crippen molar-refractivity contribution in [2.45, 2.75) is 13.3 Å². The van der Waals surface area contributed by atoms with E-state index in [0.29, 0.717) is 0 Å². The van der Waals surface area contributed by atoms with E-state index in [4.69, 9.17) is 0 Å². The predicted octanol–water partition coefficient (Wildman–Crippen LogP) is 1.61. The first-order valence-electron chi connectivity index (χ1n) is 5.88.